The normalized spacial score (nSPS) is 11.1. The molecular formula is C28H24ClN7O4. The van der Waals surface area contributed by atoms with Crippen molar-refractivity contribution >= 4 is 40.7 Å². The summed E-state index contributed by atoms with van der Waals surface area (Å²) in [5.41, 5.74) is 4.74. The van der Waals surface area contributed by atoms with Crippen LogP contribution in [0.25, 0.3) is 0 Å². The van der Waals surface area contributed by atoms with Crippen molar-refractivity contribution in [2.24, 2.45) is 15.3 Å². The molecule has 0 aliphatic rings. The molecule has 0 bridgehead atoms. The van der Waals surface area contributed by atoms with Crippen molar-refractivity contribution in [1.29, 1.82) is 10.5 Å². The molecule has 0 saturated heterocycles. The number of azo groups is 1. The summed E-state index contributed by atoms with van der Waals surface area (Å²) in [6.45, 7) is 2.70. The Labute approximate surface area is 235 Å². The molecule has 12 heteroatoms. The highest BCUT2D eigenvalue weighted by atomic mass is 35.5. The van der Waals surface area contributed by atoms with Crippen LogP contribution in [0.1, 0.15) is 44.7 Å². The SMILES string of the molecule is Cc1cc(N(CCC#N)CCC#N)ccc1/C(N=Nc1ccc(C(=O)O)cc1)=N\NC(=O)c1cc(Cl)ccc1O. The molecule has 0 radical (unpaired) electrons. The lowest BCUT2D eigenvalue weighted by atomic mass is 10.1. The van der Waals surface area contributed by atoms with Crippen LogP contribution in [-0.4, -0.2) is 41.0 Å². The van der Waals surface area contributed by atoms with Crippen LogP contribution in [0.3, 0.4) is 0 Å². The predicted octanol–water partition coefficient (Wildman–Crippen LogP) is 5.56. The van der Waals surface area contributed by atoms with E-state index in [1.54, 1.807) is 12.1 Å². The molecule has 0 heterocycles. The van der Waals surface area contributed by atoms with Crippen molar-refractivity contribution < 1.29 is 19.8 Å². The number of carbonyl (C=O) groups is 2. The standard InChI is InChI=1S/C28H24ClN7O4/c1-18-16-22(36(14-2-12-30)15-3-13-31)9-10-23(18)26(33-32-21-7-4-19(5-8-21)28(39)40)34-35-27(38)24-17-20(29)6-11-25(24)37/h4-11,16-17,37H,2-3,14-15H2,1H3,(H,35,38)(H,39,40)/b33-32?,34-26+. The van der Waals surface area contributed by atoms with Crippen LogP contribution in [0.4, 0.5) is 11.4 Å². The second-order valence-corrected chi connectivity index (χ2v) is 8.83. The molecule has 0 atom stereocenters. The zero-order valence-electron chi connectivity index (χ0n) is 21.4. The first-order valence-corrected chi connectivity index (χ1v) is 12.3. The average molecular weight is 558 g/mol. The van der Waals surface area contributed by atoms with E-state index in [2.05, 4.69) is 32.9 Å². The molecule has 0 spiro atoms. The third-order valence-corrected chi connectivity index (χ3v) is 5.88. The van der Waals surface area contributed by atoms with Crippen LogP contribution in [0.15, 0.2) is 76.0 Å². The number of hydrazone groups is 1. The number of aryl methyl sites for hydroxylation is 1. The largest absolute Gasteiger partial charge is 0.507 e. The van der Waals surface area contributed by atoms with Crippen LogP contribution < -0.4 is 10.3 Å². The van der Waals surface area contributed by atoms with Gasteiger partial charge in [-0.2, -0.15) is 10.5 Å². The summed E-state index contributed by atoms with van der Waals surface area (Å²) in [4.78, 5) is 25.8. The van der Waals surface area contributed by atoms with Crippen LogP contribution in [0, 0.1) is 29.6 Å². The molecule has 0 saturated carbocycles. The zero-order valence-corrected chi connectivity index (χ0v) is 22.1. The highest BCUT2D eigenvalue weighted by molar-refractivity contribution is 6.31. The number of nitriles is 2. The van der Waals surface area contributed by atoms with Gasteiger partial charge in [0, 0.05) is 29.4 Å². The zero-order chi connectivity index (χ0) is 29.1. The number of carbonyl (C=O) groups excluding carboxylic acids is 1. The maximum atomic E-state index is 12.7. The summed E-state index contributed by atoms with van der Waals surface area (Å²) in [7, 11) is 0. The van der Waals surface area contributed by atoms with Gasteiger partial charge >= 0.3 is 5.97 Å². The van der Waals surface area contributed by atoms with Gasteiger partial charge in [0.2, 0.25) is 5.84 Å². The molecule has 0 fully saturated rings. The Kier molecular flexibility index (Phi) is 10.3. The number of anilines is 1. The van der Waals surface area contributed by atoms with Crippen molar-refractivity contribution in [3.05, 3.63) is 87.9 Å². The fourth-order valence-corrected chi connectivity index (χ4v) is 3.77. The van der Waals surface area contributed by atoms with Crippen LogP contribution in [0.2, 0.25) is 5.02 Å². The maximum Gasteiger partial charge on any atom is 0.335 e. The summed E-state index contributed by atoms with van der Waals surface area (Å²) in [6, 6.07) is 19.3. The quantitative estimate of drug-likeness (QED) is 0.126. The molecule has 40 heavy (non-hydrogen) atoms. The molecule has 1 amide bonds. The van der Waals surface area contributed by atoms with Gasteiger partial charge in [-0.05, 0) is 73.2 Å². The Hall–Kier alpha value is -5.26. The van der Waals surface area contributed by atoms with E-state index < -0.39 is 11.9 Å². The number of aromatic hydroxyl groups is 1. The van der Waals surface area contributed by atoms with E-state index in [1.165, 1.54) is 42.5 Å². The number of hydrogen-bond donors (Lipinski definition) is 3. The Morgan fingerprint density at radius 1 is 0.975 bits per heavy atom. The number of rotatable bonds is 10. The number of benzene rings is 3. The van der Waals surface area contributed by atoms with Gasteiger partial charge in [0.15, 0.2) is 0 Å². The minimum atomic E-state index is -1.08. The lowest BCUT2D eigenvalue weighted by Crippen LogP contribution is -2.25. The van der Waals surface area contributed by atoms with Crippen molar-refractivity contribution in [2.75, 3.05) is 18.0 Å². The number of hydrogen-bond acceptors (Lipinski definition) is 8. The number of nitrogens with one attached hydrogen (secondary N) is 1. The van der Waals surface area contributed by atoms with Crippen LogP contribution in [-0.2, 0) is 0 Å². The van der Waals surface area contributed by atoms with Crippen LogP contribution >= 0.6 is 11.6 Å². The van der Waals surface area contributed by atoms with Crippen molar-refractivity contribution in [3.63, 3.8) is 0 Å². The van der Waals surface area contributed by atoms with Crippen molar-refractivity contribution in [1.82, 2.24) is 5.43 Å². The lowest BCUT2D eigenvalue weighted by Gasteiger charge is -2.23. The minimum Gasteiger partial charge on any atom is -0.507 e. The molecule has 0 aromatic heterocycles. The van der Waals surface area contributed by atoms with Gasteiger partial charge in [0.1, 0.15) is 5.75 Å². The van der Waals surface area contributed by atoms with Gasteiger partial charge in [-0.25, -0.2) is 10.2 Å². The summed E-state index contributed by atoms with van der Waals surface area (Å²) < 4.78 is 0. The molecule has 0 unspecified atom stereocenters. The number of nitrogens with zero attached hydrogens (tertiary/aromatic N) is 6. The topological polar surface area (TPSA) is 175 Å². The minimum absolute atomic E-state index is 0.0295. The summed E-state index contributed by atoms with van der Waals surface area (Å²) in [5, 5.41) is 49.9. The molecule has 202 valence electrons. The molecule has 3 aromatic carbocycles. The number of phenols is 1. The second kappa shape index (κ2) is 14.0. The Balaban J connectivity index is 1.98. The fraction of sp³-hybridized carbons (Fsp3) is 0.179. The van der Waals surface area contributed by atoms with Crippen LogP contribution in [0.5, 0.6) is 5.75 Å². The Morgan fingerprint density at radius 3 is 2.25 bits per heavy atom. The number of phenolic OH excluding ortho intramolecular Hbond substituents is 1. The van der Waals surface area contributed by atoms with Crippen molar-refractivity contribution in [3.8, 4) is 17.9 Å². The number of amides is 1. The lowest BCUT2D eigenvalue weighted by molar-refractivity contribution is 0.0696. The van der Waals surface area contributed by atoms with E-state index in [0.29, 0.717) is 24.3 Å². The first-order chi connectivity index (χ1) is 19.2. The second-order valence-electron chi connectivity index (χ2n) is 8.39. The molecule has 3 N–H and O–H groups in total. The number of aromatic carboxylic acids is 1. The number of amidine groups is 1. The smallest absolute Gasteiger partial charge is 0.335 e. The Bertz CT molecular complexity index is 1520. The van der Waals surface area contributed by atoms with Gasteiger partial charge in [0.25, 0.3) is 5.91 Å². The van der Waals surface area contributed by atoms with E-state index >= 15 is 0 Å². The highest BCUT2D eigenvalue weighted by Crippen LogP contribution is 2.23. The molecular weight excluding hydrogens is 534 g/mol. The summed E-state index contributed by atoms with van der Waals surface area (Å²) in [5.74, 6) is -2.06. The average Bonchev–Trinajstić information content (AvgIpc) is 2.95. The Morgan fingerprint density at radius 2 is 1.65 bits per heavy atom. The fourth-order valence-electron chi connectivity index (χ4n) is 3.60. The molecule has 3 rings (SSSR count). The van der Waals surface area contributed by atoms with E-state index in [9.17, 15) is 14.7 Å². The number of carboxylic acid groups (broad SMARTS) is 1. The molecule has 0 aliphatic heterocycles. The monoisotopic (exact) mass is 557 g/mol. The van der Waals surface area contributed by atoms with E-state index in [-0.39, 0.29) is 40.6 Å². The van der Waals surface area contributed by atoms with E-state index in [1.807, 2.05) is 17.9 Å². The molecule has 0 aliphatic carbocycles. The van der Waals surface area contributed by atoms with Gasteiger partial charge < -0.3 is 15.1 Å². The molecule has 3 aromatic rings. The first kappa shape index (κ1) is 29.3. The van der Waals surface area contributed by atoms with E-state index in [4.69, 9.17) is 27.2 Å². The highest BCUT2D eigenvalue weighted by Gasteiger charge is 2.15. The third-order valence-electron chi connectivity index (χ3n) is 5.64. The van der Waals surface area contributed by atoms with Gasteiger partial charge in [-0.1, -0.05) is 11.6 Å². The summed E-state index contributed by atoms with van der Waals surface area (Å²) >= 11 is 5.96. The van der Waals surface area contributed by atoms with Gasteiger partial charge in [-0.3, -0.25) is 4.79 Å². The predicted molar refractivity (Wildman–Crippen MR) is 149 cm³/mol. The summed E-state index contributed by atoms with van der Waals surface area (Å²) in [6.07, 6.45) is 0.576. The van der Waals surface area contributed by atoms with Gasteiger partial charge in [-0.15, -0.1) is 15.3 Å². The van der Waals surface area contributed by atoms with Crippen molar-refractivity contribution in [2.45, 2.75) is 19.8 Å². The van der Waals surface area contributed by atoms with Gasteiger partial charge in [0.05, 0.1) is 41.8 Å². The molecule has 11 nitrogen and oxygen atoms in total. The maximum absolute atomic E-state index is 12.7. The first-order valence-electron chi connectivity index (χ1n) is 11.9. The number of halogens is 1. The third kappa shape index (κ3) is 7.87. The number of carboxylic acids is 1. The van der Waals surface area contributed by atoms with E-state index in [0.717, 1.165) is 11.3 Å².